The van der Waals surface area contributed by atoms with Gasteiger partial charge in [0.1, 0.15) is 0 Å². The number of halogens is 3. The van der Waals surface area contributed by atoms with Gasteiger partial charge in [-0.05, 0) is 54.8 Å². The van der Waals surface area contributed by atoms with Crippen molar-refractivity contribution in [1.29, 1.82) is 0 Å². The highest BCUT2D eigenvalue weighted by molar-refractivity contribution is 7.89. The molecule has 0 saturated carbocycles. The molecule has 2 aliphatic heterocycles. The number of fused-ring (bicyclic) bond motifs is 1. The molecular weight excluding hydrogens is 407 g/mol. The van der Waals surface area contributed by atoms with E-state index in [4.69, 9.17) is 9.47 Å². The summed E-state index contributed by atoms with van der Waals surface area (Å²) >= 11 is 0. The van der Waals surface area contributed by atoms with Crippen LogP contribution in [0.3, 0.4) is 0 Å². The summed E-state index contributed by atoms with van der Waals surface area (Å²) in [6.07, 6.45) is -2.46. The second kappa shape index (κ2) is 7.53. The molecule has 0 N–H and O–H groups in total. The van der Waals surface area contributed by atoms with Gasteiger partial charge >= 0.3 is 6.18 Å². The molecule has 5 nitrogen and oxygen atoms in total. The minimum atomic E-state index is -4.51. The summed E-state index contributed by atoms with van der Waals surface area (Å²) in [4.78, 5) is -0.147. The van der Waals surface area contributed by atoms with E-state index in [2.05, 4.69) is 0 Å². The van der Waals surface area contributed by atoms with Crippen molar-refractivity contribution in [3.05, 3.63) is 53.6 Å². The predicted octanol–water partition coefficient (Wildman–Crippen LogP) is 4.39. The molecule has 0 radical (unpaired) electrons. The van der Waals surface area contributed by atoms with Crippen molar-refractivity contribution in [2.45, 2.75) is 36.4 Å². The second-order valence-corrected chi connectivity index (χ2v) is 8.94. The number of hydrogen-bond acceptors (Lipinski definition) is 4. The zero-order valence-electron chi connectivity index (χ0n) is 15.5. The molecule has 0 aromatic heterocycles. The summed E-state index contributed by atoms with van der Waals surface area (Å²) in [6.45, 7) is 1.39. The molecule has 0 bridgehead atoms. The van der Waals surface area contributed by atoms with Crippen LogP contribution in [-0.2, 0) is 16.2 Å². The maximum atomic E-state index is 13.1. The highest BCUT2D eigenvalue weighted by Gasteiger charge is 2.37. The molecule has 2 aliphatic rings. The standard InChI is InChI=1S/C20H20F3NO4S/c21-20(22,23)15-5-7-16(8-6-15)29(25,26)24-10-1-3-17(24)14-4-9-18-19(13-14)28-12-2-11-27-18/h4-9,13,17H,1-3,10-12H2/t17-/m0/s1. The summed E-state index contributed by atoms with van der Waals surface area (Å²) in [7, 11) is -3.93. The molecule has 9 heteroatoms. The highest BCUT2D eigenvalue weighted by Crippen LogP contribution is 2.40. The third kappa shape index (κ3) is 3.93. The number of rotatable bonds is 3. The number of sulfonamides is 1. The van der Waals surface area contributed by atoms with E-state index in [9.17, 15) is 21.6 Å². The van der Waals surface area contributed by atoms with E-state index in [1.807, 2.05) is 6.07 Å². The van der Waals surface area contributed by atoms with E-state index in [0.29, 0.717) is 44.1 Å². The summed E-state index contributed by atoms with van der Waals surface area (Å²) in [6, 6.07) is 8.61. The molecule has 2 aromatic rings. The zero-order valence-corrected chi connectivity index (χ0v) is 16.3. The Morgan fingerprint density at radius 3 is 2.31 bits per heavy atom. The van der Waals surface area contributed by atoms with Crippen LogP contribution in [-0.4, -0.2) is 32.5 Å². The van der Waals surface area contributed by atoms with Crippen molar-refractivity contribution in [2.75, 3.05) is 19.8 Å². The Balaban J connectivity index is 1.63. The van der Waals surface area contributed by atoms with E-state index < -0.39 is 27.8 Å². The van der Waals surface area contributed by atoms with Crippen LogP contribution in [0.15, 0.2) is 47.4 Å². The largest absolute Gasteiger partial charge is 0.490 e. The first-order chi connectivity index (χ1) is 13.8. The molecule has 2 heterocycles. The molecule has 0 unspecified atom stereocenters. The smallest absolute Gasteiger partial charge is 0.416 e. The maximum Gasteiger partial charge on any atom is 0.416 e. The van der Waals surface area contributed by atoms with Gasteiger partial charge in [-0.3, -0.25) is 0 Å². The van der Waals surface area contributed by atoms with Crippen LogP contribution in [0.4, 0.5) is 13.2 Å². The number of ether oxygens (including phenoxy) is 2. The van der Waals surface area contributed by atoms with Gasteiger partial charge in [0.05, 0.1) is 29.7 Å². The van der Waals surface area contributed by atoms with Crippen LogP contribution in [0, 0.1) is 0 Å². The summed E-state index contributed by atoms with van der Waals surface area (Å²) in [5.41, 5.74) is -0.0976. The first-order valence-electron chi connectivity index (χ1n) is 9.35. The Labute approximate surface area is 167 Å². The Morgan fingerprint density at radius 1 is 0.931 bits per heavy atom. The maximum absolute atomic E-state index is 13.1. The van der Waals surface area contributed by atoms with Gasteiger partial charge in [-0.2, -0.15) is 17.5 Å². The van der Waals surface area contributed by atoms with Gasteiger partial charge in [-0.1, -0.05) is 6.07 Å². The van der Waals surface area contributed by atoms with Crippen molar-refractivity contribution in [2.24, 2.45) is 0 Å². The lowest BCUT2D eigenvalue weighted by Gasteiger charge is -2.25. The Bertz CT molecular complexity index is 990. The first kappa shape index (κ1) is 20.0. The van der Waals surface area contributed by atoms with Crippen LogP contribution in [0.2, 0.25) is 0 Å². The fraction of sp³-hybridized carbons (Fsp3) is 0.400. The van der Waals surface area contributed by atoms with Gasteiger partial charge in [-0.25, -0.2) is 8.42 Å². The normalized spacial score (nSPS) is 20.4. The minimum Gasteiger partial charge on any atom is -0.490 e. The molecule has 1 saturated heterocycles. The Morgan fingerprint density at radius 2 is 1.62 bits per heavy atom. The molecule has 0 spiro atoms. The van der Waals surface area contributed by atoms with Crippen LogP contribution in [0.5, 0.6) is 11.5 Å². The van der Waals surface area contributed by atoms with Crippen molar-refractivity contribution < 1.29 is 31.1 Å². The van der Waals surface area contributed by atoms with Gasteiger partial charge in [0.25, 0.3) is 0 Å². The molecule has 1 fully saturated rings. The zero-order chi connectivity index (χ0) is 20.6. The SMILES string of the molecule is O=S(=O)(c1ccc(C(F)(F)F)cc1)N1CCC[C@H]1c1ccc2c(c1)OCCCO2. The van der Waals surface area contributed by atoms with Gasteiger partial charge in [0, 0.05) is 13.0 Å². The lowest BCUT2D eigenvalue weighted by atomic mass is 10.0. The van der Waals surface area contributed by atoms with Gasteiger partial charge < -0.3 is 9.47 Å². The van der Waals surface area contributed by atoms with E-state index in [1.54, 1.807) is 12.1 Å². The van der Waals surface area contributed by atoms with Crippen molar-refractivity contribution >= 4 is 10.0 Å². The van der Waals surface area contributed by atoms with Gasteiger partial charge in [-0.15, -0.1) is 0 Å². The molecule has 29 heavy (non-hydrogen) atoms. The first-order valence-corrected chi connectivity index (χ1v) is 10.8. The Kier molecular flexibility index (Phi) is 5.20. The van der Waals surface area contributed by atoms with Crippen LogP contribution < -0.4 is 9.47 Å². The van der Waals surface area contributed by atoms with Crippen molar-refractivity contribution in [3.8, 4) is 11.5 Å². The number of alkyl halides is 3. The Hall–Kier alpha value is -2.26. The van der Waals surface area contributed by atoms with Crippen LogP contribution in [0.1, 0.15) is 36.4 Å². The summed E-state index contributed by atoms with van der Waals surface area (Å²) in [5.74, 6) is 1.21. The third-order valence-corrected chi connectivity index (χ3v) is 7.07. The quantitative estimate of drug-likeness (QED) is 0.729. The monoisotopic (exact) mass is 427 g/mol. The fourth-order valence-electron chi connectivity index (χ4n) is 3.70. The molecule has 1 atom stereocenters. The second-order valence-electron chi connectivity index (χ2n) is 7.05. The summed E-state index contributed by atoms with van der Waals surface area (Å²) < 4.78 is 77.3. The molecule has 156 valence electrons. The third-order valence-electron chi connectivity index (χ3n) is 5.15. The number of benzene rings is 2. The highest BCUT2D eigenvalue weighted by atomic mass is 32.2. The molecule has 0 amide bonds. The van der Waals surface area contributed by atoms with Crippen LogP contribution >= 0.6 is 0 Å². The minimum absolute atomic E-state index is 0.147. The fourth-order valence-corrected chi connectivity index (χ4v) is 5.38. The lowest BCUT2D eigenvalue weighted by molar-refractivity contribution is -0.137. The predicted molar refractivity (Wildman–Crippen MR) is 99.4 cm³/mol. The molecule has 0 aliphatic carbocycles. The number of nitrogens with zero attached hydrogens (tertiary/aromatic N) is 1. The molecular formula is C20H20F3NO4S. The van der Waals surface area contributed by atoms with Gasteiger partial charge in [0.15, 0.2) is 11.5 Å². The molecule has 4 rings (SSSR count). The van der Waals surface area contributed by atoms with E-state index >= 15 is 0 Å². The lowest BCUT2D eigenvalue weighted by Crippen LogP contribution is -2.30. The van der Waals surface area contributed by atoms with E-state index in [1.165, 1.54) is 4.31 Å². The van der Waals surface area contributed by atoms with Crippen molar-refractivity contribution in [1.82, 2.24) is 4.31 Å². The van der Waals surface area contributed by atoms with Crippen molar-refractivity contribution in [3.63, 3.8) is 0 Å². The number of hydrogen-bond donors (Lipinski definition) is 0. The average Bonchev–Trinajstić information content (AvgIpc) is 3.07. The van der Waals surface area contributed by atoms with Crippen LogP contribution in [0.25, 0.3) is 0 Å². The van der Waals surface area contributed by atoms with E-state index in [-0.39, 0.29) is 4.90 Å². The molecule has 2 aromatic carbocycles. The van der Waals surface area contributed by atoms with Gasteiger partial charge in [0.2, 0.25) is 10.0 Å². The van der Waals surface area contributed by atoms with E-state index in [0.717, 1.165) is 36.2 Å². The topological polar surface area (TPSA) is 55.8 Å². The summed E-state index contributed by atoms with van der Waals surface area (Å²) in [5, 5.41) is 0. The average molecular weight is 427 g/mol.